The van der Waals surface area contributed by atoms with Crippen molar-refractivity contribution in [3.8, 4) is 0 Å². The summed E-state index contributed by atoms with van der Waals surface area (Å²) < 4.78 is 4.57. The van der Waals surface area contributed by atoms with E-state index >= 15 is 0 Å². The molecule has 0 spiro atoms. The second-order valence-corrected chi connectivity index (χ2v) is 3.09. The average molecular weight is 192 g/mol. The SMILES string of the molecule is COC(=O)C1=CC(C=O)=CC(C)C=C1. The van der Waals surface area contributed by atoms with Gasteiger partial charge in [0.1, 0.15) is 6.29 Å². The Bertz CT molecular complexity index is 334. The third-order valence-corrected chi connectivity index (χ3v) is 1.91. The van der Waals surface area contributed by atoms with Crippen LogP contribution in [0.2, 0.25) is 0 Å². The van der Waals surface area contributed by atoms with Gasteiger partial charge in [-0.1, -0.05) is 25.2 Å². The number of hydrogen-bond acceptors (Lipinski definition) is 3. The monoisotopic (exact) mass is 192 g/mol. The summed E-state index contributed by atoms with van der Waals surface area (Å²) in [6.07, 6.45) is 7.56. The predicted octanol–water partition coefficient (Wildman–Crippen LogP) is 1.42. The van der Waals surface area contributed by atoms with Crippen LogP contribution in [0.4, 0.5) is 0 Å². The quantitative estimate of drug-likeness (QED) is 0.491. The molecule has 0 amide bonds. The van der Waals surface area contributed by atoms with Crippen molar-refractivity contribution in [3.63, 3.8) is 0 Å². The summed E-state index contributed by atoms with van der Waals surface area (Å²) in [5.41, 5.74) is 0.901. The highest BCUT2D eigenvalue weighted by molar-refractivity contribution is 5.94. The molecule has 0 aliphatic heterocycles. The molecular formula is C11H12O3. The molecule has 0 N–H and O–H groups in total. The smallest absolute Gasteiger partial charge is 0.337 e. The number of hydrogen-bond donors (Lipinski definition) is 0. The van der Waals surface area contributed by atoms with Gasteiger partial charge in [0.05, 0.1) is 12.7 Å². The Labute approximate surface area is 82.8 Å². The van der Waals surface area contributed by atoms with Crippen molar-refractivity contribution in [2.24, 2.45) is 5.92 Å². The number of esters is 1. The molecule has 0 fully saturated rings. The largest absolute Gasteiger partial charge is 0.465 e. The fraction of sp³-hybridized carbons (Fsp3) is 0.273. The van der Waals surface area contributed by atoms with E-state index in [-0.39, 0.29) is 5.92 Å². The van der Waals surface area contributed by atoms with E-state index < -0.39 is 5.97 Å². The van der Waals surface area contributed by atoms with Crippen molar-refractivity contribution in [2.45, 2.75) is 6.92 Å². The predicted molar refractivity (Wildman–Crippen MR) is 52.6 cm³/mol. The van der Waals surface area contributed by atoms with Gasteiger partial charge in [0.25, 0.3) is 0 Å². The van der Waals surface area contributed by atoms with Crippen molar-refractivity contribution in [3.05, 3.63) is 35.5 Å². The Morgan fingerprint density at radius 1 is 1.57 bits per heavy atom. The van der Waals surface area contributed by atoms with E-state index in [0.29, 0.717) is 11.1 Å². The minimum atomic E-state index is -0.428. The third kappa shape index (κ3) is 2.42. The molecule has 1 unspecified atom stereocenters. The van der Waals surface area contributed by atoms with Crippen LogP contribution >= 0.6 is 0 Å². The Morgan fingerprint density at radius 2 is 2.29 bits per heavy atom. The van der Waals surface area contributed by atoms with Gasteiger partial charge in [-0.2, -0.15) is 0 Å². The second kappa shape index (κ2) is 4.56. The molecule has 0 radical (unpaired) electrons. The summed E-state index contributed by atoms with van der Waals surface area (Å²) >= 11 is 0. The minimum absolute atomic E-state index is 0.147. The number of rotatable bonds is 2. The van der Waals surface area contributed by atoms with Crippen LogP contribution in [0.15, 0.2) is 35.5 Å². The number of carbonyl (C=O) groups is 2. The van der Waals surface area contributed by atoms with Gasteiger partial charge in [-0.05, 0) is 12.0 Å². The van der Waals surface area contributed by atoms with Crippen molar-refractivity contribution in [1.82, 2.24) is 0 Å². The Morgan fingerprint density at radius 3 is 2.86 bits per heavy atom. The van der Waals surface area contributed by atoms with Crippen LogP contribution in [-0.2, 0) is 14.3 Å². The van der Waals surface area contributed by atoms with Gasteiger partial charge in [0.15, 0.2) is 0 Å². The molecule has 1 aliphatic carbocycles. The van der Waals surface area contributed by atoms with Crippen molar-refractivity contribution in [2.75, 3.05) is 7.11 Å². The van der Waals surface area contributed by atoms with E-state index in [1.54, 1.807) is 12.2 Å². The maximum Gasteiger partial charge on any atom is 0.337 e. The molecule has 0 aromatic rings. The fourth-order valence-corrected chi connectivity index (χ4v) is 1.21. The van der Waals surface area contributed by atoms with Crippen LogP contribution in [0.3, 0.4) is 0 Å². The number of carbonyl (C=O) groups excluding carboxylic acids is 2. The standard InChI is InChI=1S/C11H12O3/c1-8-3-4-10(11(13)14-2)6-9(5-8)7-12/h3-8H,1-2H3. The van der Waals surface area contributed by atoms with Gasteiger partial charge in [-0.25, -0.2) is 4.79 Å². The first-order valence-corrected chi connectivity index (χ1v) is 4.32. The summed E-state index contributed by atoms with van der Waals surface area (Å²) in [5.74, 6) is -0.281. The molecule has 0 aromatic heterocycles. The molecule has 3 nitrogen and oxygen atoms in total. The van der Waals surface area contributed by atoms with E-state index in [4.69, 9.17) is 0 Å². The van der Waals surface area contributed by atoms with E-state index in [2.05, 4.69) is 4.74 Å². The molecule has 1 aliphatic rings. The third-order valence-electron chi connectivity index (χ3n) is 1.91. The average Bonchev–Trinajstić information content (AvgIpc) is 2.38. The minimum Gasteiger partial charge on any atom is -0.465 e. The zero-order valence-electron chi connectivity index (χ0n) is 8.19. The molecule has 0 saturated carbocycles. The summed E-state index contributed by atoms with van der Waals surface area (Å²) in [4.78, 5) is 21.8. The summed E-state index contributed by atoms with van der Waals surface area (Å²) in [5, 5.41) is 0. The molecule has 0 bridgehead atoms. The highest BCUT2D eigenvalue weighted by Crippen LogP contribution is 2.14. The molecule has 0 heterocycles. The maximum atomic E-state index is 11.2. The van der Waals surface area contributed by atoms with Gasteiger partial charge in [0, 0.05) is 5.57 Å². The van der Waals surface area contributed by atoms with Crippen LogP contribution in [-0.4, -0.2) is 19.4 Å². The Balaban J connectivity index is 3.02. The lowest BCUT2D eigenvalue weighted by Gasteiger charge is -1.97. The maximum absolute atomic E-state index is 11.2. The highest BCUT2D eigenvalue weighted by atomic mass is 16.5. The van der Waals surface area contributed by atoms with Gasteiger partial charge in [0.2, 0.25) is 0 Å². The number of methoxy groups -OCH3 is 1. The molecule has 3 heteroatoms. The summed E-state index contributed by atoms with van der Waals surface area (Å²) in [6, 6.07) is 0. The van der Waals surface area contributed by atoms with Gasteiger partial charge < -0.3 is 4.74 Å². The Hall–Kier alpha value is -1.64. The van der Waals surface area contributed by atoms with Crippen LogP contribution in [0.25, 0.3) is 0 Å². The summed E-state index contributed by atoms with van der Waals surface area (Å²) in [7, 11) is 1.32. The number of allylic oxidation sites excluding steroid dienone is 4. The molecule has 0 saturated heterocycles. The molecule has 1 rings (SSSR count). The van der Waals surface area contributed by atoms with Gasteiger partial charge >= 0.3 is 5.97 Å². The van der Waals surface area contributed by atoms with Gasteiger partial charge in [-0.15, -0.1) is 0 Å². The molecule has 1 atom stereocenters. The van der Waals surface area contributed by atoms with E-state index in [1.165, 1.54) is 13.2 Å². The van der Waals surface area contributed by atoms with E-state index in [9.17, 15) is 9.59 Å². The normalized spacial score (nSPS) is 20.6. The first-order valence-electron chi connectivity index (χ1n) is 4.32. The molecular weight excluding hydrogens is 180 g/mol. The van der Waals surface area contributed by atoms with E-state index in [1.807, 2.05) is 13.0 Å². The van der Waals surface area contributed by atoms with Crippen molar-refractivity contribution < 1.29 is 14.3 Å². The first kappa shape index (κ1) is 10.4. The van der Waals surface area contributed by atoms with Crippen molar-refractivity contribution in [1.29, 1.82) is 0 Å². The molecule has 14 heavy (non-hydrogen) atoms. The molecule has 74 valence electrons. The lowest BCUT2D eigenvalue weighted by Crippen LogP contribution is -2.02. The number of aldehydes is 1. The van der Waals surface area contributed by atoms with Crippen LogP contribution in [0, 0.1) is 5.92 Å². The van der Waals surface area contributed by atoms with Gasteiger partial charge in [-0.3, -0.25) is 4.79 Å². The lowest BCUT2D eigenvalue weighted by molar-refractivity contribution is -0.135. The topological polar surface area (TPSA) is 43.4 Å². The highest BCUT2D eigenvalue weighted by Gasteiger charge is 2.10. The number of ether oxygens (including phenoxy) is 1. The lowest BCUT2D eigenvalue weighted by atomic mass is 10.1. The van der Waals surface area contributed by atoms with E-state index in [0.717, 1.165) is 6.29 Å². The van der Waals surface area contributed by atoms with Crippen LogP contribution < -0.4 is 0 Å². The zero-order chi connectivity index (χ0) is 10.6. The molecule has 0 aromatic carbocycles. The fourth-order valence-electron chi connectivity index (χ4n) is 1.21. The summed E-state index contributed by atoms with van der Waals surface area (Å²) in [6.45, 7) is 1.94. The van der Waals surface area contributed by atoms with Crippen LogP contribution in [0.1, 0.15) is 6.92 Å². The first-order chi connectivity index (χ1) is 6.67. The Kier molecular flexibility index (Phi) is 3.40. The van der Waals surface area contributed by atoms with Crippen LogP contribution in [0.5, 0.6) is 0 Å². The van der Waals surface area contributed by atoms with Crippen molar-refractivity contribution >= 4 is 12.3 Å². The second-order valence-electron chi connectivity index (χ2n) is 3.09. The zero-order valence-corrected chi connectivity index (χ0v) is 8.19.